The molecule has 26 heavy (non-hydrogen) atoms. The summed E-state index contributed by atoms with van der Waals surface area (Å²) in [4.78, 5) is 2.12. The van der Waals surface area contributed by atoms with Crippen LogP contribution in [0.3, 0.4) is 0 Å². The fourth-order valence-corrected chi connectivity index (χ4v) is 3.45. The van der Waals surface area contributed by atoms with E-state index in [0.29, 0.717) is 0 Å². The highest BCUT2D eigenvalue weighted by Crippen LogP contribution is 2.38. The second-order valence-electron chi connectivity index (χ2n) is 7.40. The van der Waals surface area contributed by atoms with Crippen molar-refractivity contribution in [1.82, 2.24) is 4.90 Å². The average molecular weight is 354 g/mol. The molecule has 3 heteroatoms. The van der Waals surface area contributed by atoms with Crippen molar-refractivity contribution in [2.45, 2.75) is 26.4 Å². The minimum Gasteiger partial charge on any atom is -0.497 e. The van der Waals surface area contributed by atoms with Crippen LogP contribution in [0.4, 0.5) is 0 Å². The van der Waals surface area contributed by atoms with E-state index in [9.17, 15) is 5.11 Å². The van der Waals surface area contributed by atoms with E-state index in [1.54, 1.807) is 7.11 Å². The number of aliphatic hydroxyl groups is 1. The van der Waals surface area contributed by atoms with Gasteiger partial charge in [-0.3, -0.25) is 0 Å². The van der Waals surface area contributed by atoms with Gasteiger partial charge in [-0.25, -0.2) is 0 Å². The Hall–Kier alpha value is -2.10. The van der Waals surface area contributed by atoms with Crippen LogP contribution in [-0.2, 0) is 5.60 Å². The normalized spacial score (nSPS) is 15.6. The Morgan fingerprint density at radius 2 is 1.69 bits per heavy atom. The molecule has 0 aliphatic rings. The second-order valence-corrected chi connectivity index (χ2v) is 7.40. The molecule has 0 aliphatic carbocycles. The first-order valence-electron chi connectivity index (χ1n) is 9.04. The van der Waals surface area contributed by atoms with Gasteiger partial charge < -0.3 is 14.7 Å². The number of ether oxygens (including phenoxy) is 1. The first kappa shape index (κ1) is 20.2. The summed E-state index contributed by atoms with van der Waals surface area (Å²) in [6.45, 7) is 6.96. The van der Waals surface area contributed by atoms with Crippen LogP contribution in [0.25, 0.3) is 6.08 Å². The Kier molecular flexibility index (Phi) is 6.63. The van der Waals surface area contributed by atoms with Crippen LogP contribution in [0, 0.1) is 12.8 Å². The summed E-state index contributed by atoms with van der Waals surface area (Å²) in [6.07, 6.45) is 2.06. The molecule has 0 bridgehead atoms. The SMILES string of the molecule is COc1ccc(C=C(C)C(O)(c2ccc(C)cc2)C(C)CN(C)C)cc1. The number of methoxy groups -OCH3 is 1. The minimum absolute atomic E-state index is 0.0368. The molecule has 0 spiro atoms. The van der Waals surface area contributed by atoms with Gasteiger partial charge in [0.05, 0.1) is 7.11 Å². The lowest BCUT2D eigenvalue weighted by molar-refractivity contribution is 0.0105. The van der Waals surface area contributed by atoms with Crippen LogP contribution < -0.4 is 4.74 Å². The van der Waals surface area contributed by atoms with E-state index >= 15 is 0 Å². The van der Waals surface area contributed by atoms with Crippen molar-refractivity contribution in [3.8, 4) is 5.75 Å². The van der Waals surface area contributed by atoms with Crippen LogP contribution in [0.5, 0.6) is 5.75 Å². The third-order valence-corrected chi connectivity index (χ3v) is 4.94. The fourth-order valence-electron chi connectivity index (χ4n) is 3.45. The molecule has 0 radical (unpaired) electrons. The van der Waals surface area contributed by atoms with E-state index < -0.39 is 5.60 Å². The largest absolute Gasteiger partial charge is 0.497 e. The second kappa shape index (κ2) is 8.52. The van der Waals surface area contributed by atoms with Gasteiger partial charge in [0.2, 0.25) is 0 Å². The molecule has 2 rings (SSSR count). The quantitative estimate of drug-likeness (QED) is 0.796. The predicted molar refractivity (Wildman–Crippen MR) is 109 cm³/mol. The summed E-state index contributed by atoms with van der Waals surface area (Å²) in [5.74, 6) is 0.865. The van der Waals surface area contributed by atoms with E-state index in [0.717, 1.165) is 29.0 Å². The van der Waals surface area contributed by atoms with E-state index in [2.05, 4.69) is 37.0 Å². The van der Waals surface area contributed by atoms with Crippen molar-refractivity contribution >= 4 is 6.08 Å². The topological polar surface area (TPSA) is 32.7 Å². The van der Waals surface area contributed by atoms with E-state index in [4.69, 9.17) is 4.74 Å². The maximum Gasteiger partial charge on any atom is 0.118 e. The van der Waals surface area contributed by atoms with E-state index in [-0.39, 0.29) is 5.92 Å². The first-order chi connectivity index (χ1) is 12.3. The van der Waals surface area contributed by atoms with Crippen molar-refractivity contribution in [1.29, 1.82) is 0 Å². The molecule has 140 valence electrons. The Morgan fingerprint density at radius 3 is 2.19 bits per heavy atom. The maximum absolute atomic E-state index is 11.8. The number of hydrogen-bond acceptors (Lipinski definition) is 3. The molecule has 0 aliphatic heterocycles. The monoisotopic (exact) mass is 353 g/mol. The zero-order chi connectivity index (χ0) is 19.3. The first-order valence-corrected chi connectivity index (χ1v) is 9.04. The van der Waals surface area contributed by atoms with Gasteiger partial charge in [0, 0.05) is 12.5 Å². The number of benzene rings is 2. The van der Waals surface area contributed by atoms with Crippen LogP contribution >= 0.6 is 0 Å². The molecule has 0 heterocycles. The highest BCUT2D eigenvalue weighted by atomic mass is 16.5. The number of aryl methyl sites for hydroxylation is 1. The van der Waals surface area contributed by atoms with Crippen molar-refractivity contribution in [3.05, 3.63) is 70.8 Å². The molecule has 0 aromatic heterocycles. The highest BCUT2D eigenvalue weighted by Gasteiger charge is 2.37. The Labute approximate surface area is 157 Å². The van der Waals surface area contributed by atoms with Crippen LogP contribution in [0.1, 0.15) is 30.5 Å². The minimum atomic E-state index is -1.03. The molecule has 0 fully saturated rings. The summed E-state index contributed by atoms with van der Waals surface area (Å²) in [6, 6.07) is 16.1. The van der Waals surface area contributed by atoms with Crippen LogP contribution in [0.15, 0.2) is 54.1 Å². The lowest BCUT2D eigenvalue weighted by Crippen LogP contribution is -2.40. The smallest absolute Gasteiger partial charge is 0.118 e. The van der Waals surface area contributed by atoms with Gasteiger partial charge in [0.25, 0.3) is 0 Å². The highest BCUT2D eigenvalue weighted by molar-refractivity contribution is 5.57. The third kappa shape index (κ3) is 4.54. The van der Waals surface area contributed by atoms with Crippen LogP contribution in [-0.4, -0.2) is 37.8 Å². The van der Waals surface area contributed by atoms with Gasteiger partial charge in [-0.1, -0.05) is 55.0 Å². The molecular weight excluding hydrogens is 322 g/mol. The summed E-state index contributed by atoms with van der Waals surface area (Å²) in [5.41, 5.74) is 3.07. The zero-order valence-electron chi connectivity index (χ0n) is 16.8. The Balaban J connectivity index is 2.47. The van der Waals surface area contributed by atoms with Crippen molar-refractivity contribution in [2.24, 2.45) is 5.92 Å². The number of rotatable bonds is 7. The molecule has 1 N–H and O–H groups in total. The van der Waals surface area contributed by atoms with Gasteiger partial charge in [-0.2, -0.15) is 0 Å². The number of nitrogens with zero attached hydrogens (tertiary/aromatic N) is 1. The average Bonchev–Trinajstić information content (AvgIpc) is 2.61. The van der Waals surface area contributed by atoms with Gasteiger partial charge in [-0.05, 0) is 56.8 Å². The van der Waals surface area contributed by atoms with E-state index in [1.165, 1.54) is 5.56 Å². The molecule has 0 saturated carbocycles. The van der Waals surface area contributed by atoms with Crippen molar-refractivity contribution < 1.29 is 9.84 Å². The molecular formula is C23H31NO2. The summed E-state index contributed by atoms with van der Waals surface area (Å²) in [7, 11) is 5.73. The van der Waals surface area contributed by atoms with Gasteiger partial charge in [-0.15, -0.1) is 0 Å². The maximum atomic E-state index is 11.8. The van der Waals surface area contributed by atoms with Gasteiger partial charge in [0.15, 0.2) is 0 Å². The van der Waals surface area contributed by atoms with E-state index in [1.807, 2.05) is 57.4 Å². The lowest BCUT2D eigenvalue weighted by Gasteiger charge is -2.37. The summed E-state index contributed by atoms with van der Waals surface area (Å²) in [5, 5.41) is 11.8. The molecule has 0 amide bonds. The van der Waals surface area contributed by atoms with Crippen molar-refractivity contribution in [3.63, 3.8) is 0 Å². The predicted octanol–water partition coefficient (Wildman–Crippen LogP) is 4.49. The van der Waals surface area contributed by atoms with Gasteiger partial charge >= 0.3 is 0 Å². The van der Waals surface area contributed by atoms with Gasteiger partial charge in [0.1, 0.15) is 11.4 Å². The summed E-state index contributed by atoms with van der Waals surface area (Å²) >= 11 is 0. The molecule has 3 nitrogen and oxygen atoms in total. The Morgan fingerprint density at radius 1 is 1.12 bits per heavy atom. The van der Waals surface area contributed by atoms with Crippen LogP contribution in [0.2, 0.25) is 0 Å². The zero-order valence-corrected chi connectivity index (χ0v) is 16.8. The lowest BCUT2D eigenvalue weighted by atomic mass is 9.76. The molecule has 0 saturated heterocycles. The summed E-state index contributed by atoms with van der Waals surface area (Å²) < 4.78 is 5.23. The number of hydrogen-bond donors (Lipinski definition) is 1. The standard InChI is InChI=1S/C23H31NO2/c1-17-7-11-21(12-8-17)23(25,19(3)16-24(4)5)18(2)15-20-9-13-22(26-6)14-10-20/h7-15,19,25H,16H2,1-6H3. The molecule has 2 unspecified atom stereocenters. The Bertz CT molecular complexity index is 732. The third-order valence-electron chi connectivity index (χ3n) is 4.94. The van der Waals surface area contributed by atoms with Crippen molar-refractivity contribution in [2.75, 3.05) is 27.7 Å². The molecule has 2 aromatic rings. The molecule has 2 atom stereocenters. The molecule has 2 aromatic carbocycles. The fraction of sp³-hybridized carbons (Fsp3) is 0.391.